The number of rotatable bonds is 6. The molecule has 0 aliphatic carbocycles. The molecule has 0 aliphatic rings. The lowest BCUT2D eigenvalue weighted by atomic mass is 9.90. The van der Waals surface area contributed by atoms with Crippen molar-refractivity contribution < 1.29 is 9.59 Å². The summed E-state index contributed by atoms with van der Waals surface area (Å²) < 4.78 is 0. The number of carbonyl (C=O) groups excluding carboxylic acids is 2. The van der Waals surface area contributed by atoms with E-state index in [1.807, 2.05) is 56.3 Å². The maximum absolute atomic E-state index is 12.6. The van der Waals surface area contributed by atoms with Gasteiger partial charge in [0.2, 0.25) is 11.8 Å². The minimum absolute atomic E-state index is 0.303. The first-order chi connectivity index (χ1) is 12.2. The van der Waals surface area contributed by atoms with E-state index in [2.05, 4.69) is 10.6 Å². The van der Waals surface area contributed by atoms with E-state index in [0.717, 1.165) is 22.4 Å². The Morgan fingerprint density at radius 2 is 1.77 bits per heavy atom. The molecule has 0 atom stereocenters. The number of amides is 2. The monoisotopic (exact) mass is 372 g/mol. The Labute approximate surface area is 159 Å². The summed E-state index contributed by atoms with van der Waals surface area (Å²) >= 11 is 5.96. The lowest BCUT2D eigenvalue weighted by molar-refractivity contribution is -0.138. The SMILES string of the molecule is Cc1ccc(C)c(NC(=O)C(C)(C)C(=O)NCCc2cccc(Cl)c2)c1. The van der Waals surface area contributed by atoms with Crippen LogP contribution in [0.1, 0.15) is 30.5 Å². The average Bonchev–Trinajstić information content (AvgIpc) is 2.58. The Bertz CT molecular complexity index is 815. The number of hydrogen-bond donors (Lipinski definition) is 2. The Kier molecular flexibility index (Phi) is 6.43. The standard InChI is InChI=1S/C21H25ClN2O2/c1-14-8-9-15(2)18(12-14)24-20(26)21(3,4)19(25)23-11-10-16-6-5-7-17(22)13-16/h5-9,12-13H,10-11H2,1-4H3,(H,23,25)(H,24,26). The summed E-state index contributed by atoms with van der Waals surface area (Å²) in [4.78, 5) is 25.1. The molecule has 0 radical (unpaired) electrons. The van der Waals surface area contributed by atoms with E-state index in [-0.39, 0.29) is 11.8 Å². The highest BCUT2D eigenvalue weighted by atomic mass is 35.5. The van der Waals surface area contributed by atoms with Crippen LogP contribution in [0.25, 0.3) is 0 Å². The zero-order chi connectivity index (χ0) is 19.3. The van der Waals surface area contributed by atoms with E-state index < -0.39 is 5.41 Å². The van der Waals surface area contributed by atoms with E-state index in [1.54, 1.807) is 13.8 Å². The molecular weight excluding hydrogens is 348 g/mol. The van der Waals surface area contributed by atoms with E-state index in [4.69, 9.17) is 11.6 Å². The summed E-state index contributed by atoms with van der Waals surface area (Å²) in [5.74, 6) is -0.631. The highest BCUT2D eigenvalue weighted by Gasteiger charge is 2.36. The van der Waals surface area contributed by atoms with Crippen molar-refractivity contribution in [2.45, 2.75) is 34.1 Å². The van der Waals surface area contributed by atoms with Crippen molar-refractivity contribution >= 4 is 29.1 Å². The van der Waals surface area contributed by atoms with E-state index in [0.29, 0.717) is 18.0 Å². The van der Waals surface area contributed by atoms with Crippen LogP contribution in [0, 0.1) is 19.3 Å². The second-order valence-corrected chi connectivity index (χ2v) is 7.47. The van der Waals surface area contributed by atoms with E-state index in [9.17, 15) is 9.59 Å². The summed E-state index contributed by atoms with van der Waals surface area (Å²) in [7, 11) is 0. The fraction of sp³-hybridized carbons (Fsp3) is 0.333. The molecule has 0 aromatic heterocycles. The highest BCUT2D eigenvalue weighted by molar-refractivity contribution is 6.30. The van der Waals surface area contributed by atoms with Crippen LogP contribution in [0.15, 0.2) is 42.5 Å². The number of nitrogens with one attached hydrogen (secondary N) is 2. The average molecular weight is 373 g/mol. The third-order valence-corrected chi connectivity index (χ3v) is 4.60. The molecule has 0 bridgehead atoms. The molecule has 0 spiro atoms. The summed E-state index contributed by atoms with van der Waals surface area (Å²) in [5, 5.41) is 6.38. The van der Waals surface area contributed by atoms with Crippen molar-refractivity contribution in [3.05, 3.63) is 64.2 Å². The molecular formula is C21H25ClN2O2. The van der Waals surface area contributed by atoms with Crippen LogP contribution in [0.3, 0.4) is 0 Å². The minimum atomic E-state index is -1.18. The van der Waals surface area contributed by atoms with Gasteiger partial charge in [-0.05, 0) is 69.0 Å². The predicted molar refractivity (Wildman–Crippen MR) is 106 cm³/mol. The zero-order valence-electron chi connectivity index (χ0n) is 15.7. The van der Waals surface area contributed by atoms with Crippen molar-refractivity contribution in [1.29, 1.82) is 0 Å². The zero-order valence-corrected chi connectivity index (χ0v) is 16.4. The number of hydrogen-bond acceptors (Lipinski definition) is 2. The van der Waals surface area contributed by atoms with Crippen molar-refractivity contribution in [2.75, 3.05) is 11.9 Å². The van der Waals surface area contributed by atoms with E-state index >= 15 is 0 Å². The molecule has 0 heterocycles. The third-order valence-electron chi connectivity index (χ3n) is 4.36. The minimum Gasteiger partial charge on any atom is -0.355 e. The molecule has 2 N–H and O–H groups in total. The van der Waals surface area contributed by atoms with Crippen LogP contribution in [0.5, 0.6) is 0 Å². The molecule has 2 amide bonds. The van der Waals surface area contributed by atoms with Gasteiger partial charge in [0.25, 0.3) is 0 Å². The molecule has 0 saturated carbocycles. The van der Waals surface area contributed by atoms with Crippen LogP contribution in [0.4, 0.5) is 5.69 Å². The molecule has 2 rings (SSSR count). The predicted octanol–water partition coefficient (Wildman–Crippen LogP) is 4.28. The van der Waals surface area contributed by atoms with Gasteiger partial charge in [0.1, 0.15) is 5.41 Å². The van der Waals surface area contributed by atoms with Gasteiger partial charge in [-0.3, -0.25) is 9.59 Å². The summed E-state index contributed by atoms with van der Waals surface area (Å²) in [6, 6.07) is 13.3. The van der Waals surface area contributed by atoms with Gasteiger partial charge in [-0.25, -0.2) is 0 Å². The number of aryl methyl sites for hydroxylation is 2. The molecule has 0 unspecified atom stereocenters. The molecule has 2 aromatic rings. The van der Waals surface area contributed by atoms with Gasteiger partial charge in [0, 0.05) is 17.3 Å². The largest absolute Gasteiger partial charge is 0.355 e. The molecule has 0 saturated heterocycles. The molecule has 4 nitrogen and oxygen atoms in total. The van der Waals surface area contributed by atoms with Crippen LogP contribution in [-0.4, -0.2) is 18.4 Å². The van der Waals surface area contributed by atoms with Crippen LogP contribution < -0.4 is 10.6 Å². The van der Waals surface area contributed by atoms with Gasteiger partial charge < -0.3 is 10.6 Å². The van der Waals surface area contributed by atoms with Crippen molar-refractivity contribution in [3.8, 4) is 0 Å². The molecule has 0 aliphatic heterocycles. The molecule has 2 aromatic carbocycles. The van der Waals surface area contributed by atoms with Gasteiger partial charge in [0.15, 0.2) is 0 Å². The van der Waals surface area contributed by atoms with Gasteiger partial charge >= 0.3 is 0 Å². The lowest BCUT2D eigenvalue weighted by Crippen LogP contribution is -2.45. The van der Waals surface area contributed by atoms with Crippen molar-refractivity contribution in [1.82, 2.24) is 5.32 Å². The normalized spacial score (nSPS) is 11.1. The third kappa shape index (κ3) is 5.09. The van der Waals surface area contributed by atoms with Crippen LogP contribution in [-0.2, 0) is 16.0 Å². The second kappa shape index (κ2) is 8.37. The lowest BCUT2D eigenvalue weighted by Gasteiger charge is -2.23. The smallest absolute Gasteiger partial charge is 0.239 e. The molecule has 5 heteroatoms. The first-order valence-corrected chi connectivity index (χ1v) is 8.99. The van der Waals surface area contributed by atoms with Crippen molar-refractivity contribution in [3.63, 3.8) is 0 Å². The van der Waals surface area contributed by atoms with Gasteiger partial charge in [-0.2, -0.15) is 0 Å². The summed E-state index contributed by atoms with van der Waals surface area (Å²) in [6.07, 6.45) is 0.654. The Morgan fingerprint density at radius 1 is 1.04 bits per heavy atom. The van der Waals surface area contributed by atoms with Gasteiger partial charge in [-0.1, -0.05) is 35.9 Å². The Balaban J connectivity index is 1.95. The maximum Gasteiger partial charge on any atom is 0.239 e. The highest BCUT2D eigenvalue weighted by Crippen LogP contribution is 2.22. The topological polar surface area (TPSA) is 58.2 Å². The second-order valence-electron chi connectivity index (χ2n) is 7.03. The number of halogens is 1. The summed E-state index contributed by atoms with van der Waals surface area (Å²) in [5.41, 5.74) is 2.60. The number of anilines is 1. The number of benzene rings is 2. The summed E-state index contributed by atoms with van der Waals surface area (Å²) in [6.45, 7) is 7.58. The molecule has 26 heavy (non-hydrogen) atoms. The van der Waals surface area contributed by atoms with Crippen LogP contribution in [0.2, 0.25) is 5.02 Å². The quantitative estimate of drug-likeness (QED) is 0.743. The van der Waals surface area contributed by atoms with Crippen molar-refractivity contribution in [2.24, 2.45) is 5.41 Å². The maximum atomic E-state index is 12.6. The fourth-order valence-electron chi connectivity index (χ4n) is 2.49. The van der Waals surface area contributed by atoms with E-state index in [1.165, 1.54) is 0 Å². The molecule has 0 fully saturated rings. The van der Waals surface area contributed by atoms with Crippen LogP contribution >= 0.6 is 11.6 Å². The Morgan fingerprint density at radius 3 is 2.46 bits per heavy atom. The molecule has 138 valence electrons. The fourth-order valence-corrected chi connectivity index (χ4v) is 2.70. The first kappa shape index (κ1) is 20.0. The first-order valence-electron chi connectivity index (χ1n) is 8.61. The van der Waals surface area contributed by atoms with Gasteiger partial charge in [-0.15, -0.1) is 0 Å². The van der Waals surface area contributed by atoms with Gasteiger partial charge in [0.05, 0.1) is 0 Å². The number of carbonyl (C=O) groups is 2. The Hall–Kier alpha value is -2.33.